The summed E-state index contributed by atoms with van der Waals surface area (Å²) in [6.45, 7) is 0. The molecule has 0 unspecified atom stereocenters. The number of alkyl halides is 3. The van der Waals surface area contributed by atoms with Gasteiger partial charge in [-0.15, -0.1) is 0 Å². The predicted octanol–water partition coefficient (Wildman–Crippen LogP) is 3.68. The molecule has 1 aromatic heterocycles. The number of nitro benzene ring substituents is 1. The summed E-state index contributed by atoms with van der Waals surface area (Å²) in [5, 5.41) is 11.2. The lowest BCUT2D eigenvalue weighted by atomic mass is 10.1. The zero-order valence-electron chi connectivity index (χ0n) is 14.1. The number of hydrogen-bond acceptors (Lipinski definition) is 7. The Morgan fingerprint density at radius 2 is 1.79 bits per heavy atom. The minimum absolute atomic E-state index is 0.110. The lowest BCUT2D eigenvalue weighted by Crippen LogP contribution is -2.28. The average Bonchev–Trinajstić information content (AvgIpc) is 2.66. The first-order valence-electron chi connectivity index (χ1n) is 7.57. The molecule has 0 radical (unpaired) electrons. The normalized spacial score (nSPS) is 11.3. The topological polar surface area (TPSA) is 104 Å². The molecule has 0 aliphatic rings. The van der Waals surface area contributed by atoms with Gasteiger partial charge < -0.3 is 9.47 Å². The van der Waals surface area contributed by atoms with Crippen LogP contribution in [-0.2, 0) is 4.79 Å². The monoisotopic (exact) mass is 393 g/mol. The maximum Gasteiger partial charge on any atom is 0.491 e. The van der Waals surface area contributed by atoms with Crippen LogP contribution in [0, 0.1) is 10.1 Å². The second-order valence-electron chi connectivity index (χ2n) is 5.43. The Morgan fingerprint density at radius 3 is 2.36 bits per heavy atom. The molecule has 3 aromatic rings. The Labute approximate surface area is 154 Å². The Kier molecular flexibility index (Phi) is 4.82. The van der Waals surface area contributed by atoms with E-state index in [1.807, 2.05) is 0 Å². The molecule has 8 nitrogen and oxygen atoms in total. The summed E-state index contributed by atoms with van der Waals surface area (Å²) >= 11 is 0. The highest BCUT2D eigenvalue weighted by molar-refractivity contribution is 5.95. The summed E-state index contributed by atoms with van der Waals surface area (Å²) in [4.78, 5) is 29.5. The number of methoxy groups -OCH3 is 1. The first-order valence-corrected chi connectivity index (χ1v) is 7.57. The third kappa shape index (κ3) is 3.68. The highest BCUT2D eigenvalue weighted by Gasteiger charge is 2.41. The average molecular weight is 393 g/mol. The Bertz CT molecular complexity index is 1070. The van der Waals surface area contributed by atoms with Gasteiger partial charge in [0, 0.05) is 29.1 Å². The van der Waals surface area contributed by atoms with Gasteiger partial charge >= 0.3 is 12.1 Å². The van der Waals surface area contributed by atoms with Crippen molar-refractivity contribution in [1.29, 1.82) is 0 Å². The van der Waals surface area contributed by atoms with Gasteiger partial charge in [0.15, 0.2) is 11.5 Å². The number of non-ortho nitro benzene ring substituents is 1. The van der Waals surface area contributed by atoms with Gasteiger partial charge in [-0.2, -0.15) is 13.2 Å². The van der Waals surface area contributed by atoms with Gasteiger partial charge in [-0.05, 0) is 18.2 Å². The Morgan fingerprint density at radius 1 is 1.11 bits per heavy atom. The third-order valence-corrected chi connectivity index (χ3v) is 3.71. The molecule has 0 aliphatic carbocycles. The Hall–Kier alpha value is -3.76. The molecular weight excluding hydrogens is 383 g/mol. The van der Waals surface area contributed by atoms with E-state index in [1.54, 1.807) is 0 Å². The zero-order valence-corrected chi connectivity index (χ0v) is 14.1. The molecule has 1 heterocycles. The van der Waals surface area contributed by atoms with Crippen molar-refractivity contribution in [2.24, 2.45) is 0 Å². The molecule has 0 bridgehead atoms. The zero-order chi connectivity index (χ0) is 20.5. The molecule has 28 heavy (non-hydrogen) atoms. The van der Waals surface area contributed by atoms with Gasteiger partial charge in [-0.25, -0.2) is 14.8 Å². The SMILES string of the molecule is COc1cc2c(-c3ccc([N+](=O)[O-])cc3)ncnc2cc1OC(=O)C(F)(F)F. The fraction of sp³-hybridized carbons (Fsp3) is 0.118. The molecule has 0 saturated carbocycles. The summed E-state index contributed by atoms with van der Waals surface area (Å²) in [6, 6.07) is 7.98. The molecule has 0 N–H and O–H groups in total. The van der Waals surface area contributed by atoms with Crippen molar-refractivity contribution in [3.63, 3.8) is 0 Å². The second-order valence-corrected chi connectivity index (χ2v) is 5.43. The standard InChI is InChI=1S/C17H10F3N3O5/c1-27-13-6-11-12(7-14(13)28-16(24)17(18,19)20)21-8-22-15(11)9-2-4-10(5-3-9)23(25)26/h2-8H,1H3. The van der Waals surface area contributed by atoms with Gasteiger partial charge in [0.2, 0.25) is 0 Å². The van der Waals surface area contributed by atoms with Gasteiger partial charge in [0.25, 0.3) is 5.69 Å². The summed E-state index contributed by atoms with van der Waals surface area (Å²) in [5.41, 5.74) is 0.960. The van der Waals surface area contributed by atoms with Gasteiger partial charge in [0.1, 0.15) is 6.33 Å². The number of esters is 1. The minimum Gasteiger partial charge on any atom is -0.493 e. The van der Waals surface area contributed by atoms with Crippen molar-refractivity contribution in [3.05, 3.63) is 52.8 Å². The van der Waals surface area contributed by atoms with Crippen molar-refractivity contribution in [2.45, 2.75) is 6.18 Å². The fourth-order valence-corrected chi connectivity index (χ4v) is 2.43. The quantitative estimate of drug-likeness (QED) is 0.288. The molecule has 0 aliphatic heterocycles. The number of aromatic nitrogens is 2. The predicted molar refractivity (Wildman–Crippen MR) is 89.9 cm³/mol. The molecule has 0 saturated heterocycles. The van der Waals surface area contributed by atoms with Crippen LogP contribution in [0.1, 0.15) is 0 Å². The van der Waals surface area contributed by atoms with E-state index in [1.165, 1.54) is 43.8 Å². The maximum absolute atomic E-state index is 12.5. The van der Waals surface area contributed by atoms with Crippen molar-refractivity contribution in [3.8, 4) is 22.8 Å². The van der Waals surface area contributed by atoms with E-state index in [4.69, 9.17) is 4.74 Å². The van der Waals surface area contributed by atoms with Crippen molar-refractivity contribution in [2.75, 3.05) is 7.11 Å². The van der Waals surface area contributed by atoms with E-state index in [9.17, 15) is 28.1 Å². The summed E-state index contributed by atoms with van der Waals surface area (Å²) < 4.78 is 46.8. The minimum atomic E-state index is -5.17. The number of fused-ring (bicyclic) bond motifs is 1. The number of hydrogen-bond donors (Lipinski definition) is 0. The maximum atomic E-state index is 12.5. The van der Waals surface area contributed by atoms with Crippen LogP contribution in [-0.4, -0.2) is 34.1 Å². The van der Waals surface area contributed by atoms with Gasteiger partial charge in [-0.3, -0.25) is 10.1 Å². The number of nitrogens with zero attached hydrogens (tertiary/aromatic N) is 3. The number of nitro groups is 1. The molecule has 0 fully saturated rings. The fourth-order valence-electron chi connectivity index (χ4n) is 2.43. The molecule has 144 valence electrons. The van der Waals surface area contributed by atoms with Crippen LogP contribution in [0.5, 0.6) is 11.5 Å². The van der Waals surface area contributed by atoms with Crippen LogP contribution < -0.4 is 9.47 Å². The van der Waals surface area contributed by atoms with Crippen molar-refractivity contribution >= 4 is 22.6 Å². The number of rotatable bonds is 4. The first kappa shape index (κ1) is 19.0. The molecule has 2 aromatic carbocycles. The number of ether oxygens (including phenoxy) is 2. The summed E-state index contributed by atoms with van der Waals surface area (Å²) in [6.07, 6.45) is -4.00. The molecule has 0 atom stereocenters. The first-order chi connectivity index (χ1) is 13.2. The van der Waals surface area contributed by atoms with Crippen LogP contribution in [0.15, 0.2) is 42.7 Å². The highest BCUT2D eigenvalue weighted by atomic mass is 19.4. The van der Waals surface area contributed by atoms with Crippen molar-refractivity contribution < 1.29 is 32.4 Å². The molecule has 0 amide bonds. The number of carbonyl (C=O) groups excluding carboxylic acids is 1. The van der Waals surface area contributed by atoms with E-state index in [-0.39, 0.29) is 17.0 Å². The highest BCUT2D eigenvalue weighted by Crippen LogP contribution is 2.36. The van der Waals surface area contributed by atoms with E-state index in [0.29, 0.717) is 16.6 Å². The van der Waals surface area contributed by atoms with Crippen molar-refractivity contribution in [1.82, 2.24) is 9.97 Å². The number of benzene rings is 2. The molecule has 0 spiro atoms. The largest absolute Gasteiger partial charge is 0.493 e. The summed E-state index contributed by atoms with van der Waals surface area (Å²) in [5.74, 6) is -2.98. The van der Waals surface area contributed by atoms with Gasteiger partial charge in [-0.1, -0.05) is 0 Å². The van der Waals surface area contributed by atoms with Crippen LogP contribution in [0.4, 0.5) is 18.9 Å². The second kappa shape index (κ2) is 7.10. The Balaban J connectivity index is 2.09. The van der Waals surface area contributed by atoms with Crippen LogP contribution in [0.3, 0.4) is 0 Å². The van der Waals surface area contributed by atoms with Crippen LogP contribution in [0.2, 0.25) is 0 Å². The van der Waals surface area contributed by atoms with Crippen LogP contribution >= 0.6 is 0 Å². The van der Waals surface area contributed by atoms with Gasteiger partial charge in [0.05, 0.1) is 23.2 Å². The van der Waals surface area contributed by atoms with E-state index >= 15 is 0 Å². The third-order valence-electron chi connectivity index (χ3n) is 3.71. The number of carbonyl (C=O) groups is 1. The molecular formula is C17H10F3N3O5. The molecule has 11 heteroatoms. The van der Waals surface area contributed by atoms with E-state index < -0.39 is 22.8 Å². The van der Waals surface area contributed by atoms with E-state index in [0.717, 1.165) is 6.07 Å². The van der Waals surface area contributed by atoms with Crippen LogP contribution in [0.25, 0.3) is 22.2 Å². The number of halogens is 3. The van der Waals surface area contributed by atoms with E-state index in [2.05, 4.69) is 14.7 Å². The smallest absolute Gasteiger partial charge is 0.491 e. The molecule has 3 rings (SSSR count). The lowest BCUT2D eigenvalue weighted by Gasteiger charge is -2.13. The lowest BCUT2D eigenvalue weighted by molar-refractivity contribution is -0.384. The summed E-state index contributed by atoms with van der Waals surface area (Å²) in [7, 11) is 1.20.